The summed E-state index contributed by atoms with van der Waals surface area (Å²) in [6.45, 7) is 2.81. The predicted molar refractivity (Wildman–Crippen MR) is 80.6 cm³/mol. The van der Waals surface area contributed by atoms with Crippen LogP contribution >= 0.6 is 11.3 Å². The number of aromatic nitrogens is 3. The Morgan fingerprint density at radius 3 is 2.39 bits per heavy atom. The summed E-state index contributed by atoms with van der Waals surface area (Å²) >= 11 is 1.49. The molecule has 5 nitrogen and oxygen atoms in total. The molecule has 4 rings (SSSR count). The Morgan fingerprint density at radius 1 is 1.09 bits per heavy atom. The Balaban J connectivity index is 1.52. The van der Waals surface area contributed by atoms with E-state index in [2.05, 4.69) is 20.1 Å². The molecule has 2 aliphatic heterocycles. The third kappa shape index (κ3) is 2.62. The quantitative estimate of drug-likeness (QED) is 0.840. The summed E-state index contributed by atoms with van der Waals surface area (Å²) in [6, 6.07) is 2.43. The Morgan fingerprint density at radius 2 is 1.78 bits per heavy atom. The molecule has 0 bridgehead atoms. The molecule has 2 aromatic rings. The molecule has 0 aromatic carbocycles. The summed E-state index contributed by atoms with van der Waals surface area (Å²) in [5.74, 6) is 0.723. The van der Waals surface area contributed by atoms with Gasteiger partial charge in [-0.05, 0) is 12.1 Å². The van der Waals surface area contributed by atoms with E-state index in [1.807, 2.05) is 0 Å². The van der Waals surface area contributed by atoms with Gasteiger partial charge in [-0.3, -0.25) is 0 Å². The first kappa shape index (κ1) is 14.7. The van der Waals surface area contributed by atoms with Crippen LogP contribution < -0.4 is 9.80 Å². The minimum atomic E-state index is -4.38. The molecular formula is C14H14F3N5S. The van der Waals surface area contributed by atoms with Gasteiger partial charge in [-0.15, -0.1) is 10.2 Å². The third-order valence-electron chi connectivity index (χ3n) is 4.50. The molecule has 2 aliphatic rings. The van der Waals surface area contributed by atoms with Gasteiger partial charge in [0, 0.05) is 44.2 Å². The maximum atomic E-state index is 13.2. The summed E-state index contributed by atoms with van der Waals surface area (Å²) in [4.78, 5) is 7.94. The highest BCUT2D eigenvalue weighted by Crippen LogP contribution is 2.40. The van der Waals surface area contributed by atoms with Gasteiger partial charge in [0.05, 0.1) is 5.56 Å². The highest BCUT2D eigenvalue weighted by molar-refractivity contribution is 7.13. The van der Waals surface area contributed by atoms with Crippen molar-refractivity contribution in [2.75, 3.05) is 36.0 Å². The number of anilines is 2. The third-order valence-corrected chi connectivity index (χ3v) is 5.25. The summed E-state index contributed by atoms with van der Waals surface area (Å²) in [5, 5.41) is 8.80. The number of alkyl halides is 3. The Bertz CT molecular complexity index is 676. The molecule has 2 fully saturated rings. The topological polar surface area (TPSA) is 45.2 Å². The number of pyridine rings is 1. The van der Waals surface area contributed by atoms with Gasteiger partial charge in [-0.1, -0.05) is 11.3 Å². The van der Waals surface area contributed by atoms with Gasteiger partial charge in [0.2, 0.25) is 5.13 Å². The van der Waals surface area contributed by atoms with Crippen LogP contribution in [0.5, 0.6) is 0 Å². The van der Waals surface area contributed by atoms with Crippen molar-refractivity contribution in [3.8, 4) is 0 Å². The van der Waals surface area contributed by atoms with Crippen molar-refractivity contribution < 1.29 is 13.2 Å². The first-order chi connectivity index (χ1) is 11.0. The zero-order valence-electron chi connectivity index (χ0n) is 12.1. The van der Waals surface area contributed by atoms with Crippen molar-refractivity contribution in [3.63, 3.8) is 0 Å². The molecule has 0 aliphatic carbocycles. The SMILES string of the molecule is FC(F)(F)c1cccnc1N1CC2CN(c3nncs3)CC2C1. The van der Waals surface area contributed by atoms with Gasteiger partial charge in [0.15, 0.2) is 0 Å². The summed E-state index contributed by atoms with van der Waals surface area (Å²) in [7, 11) is 0. The van der Waals surface area contributed by atoms with Crippen LogP contribution in [0.2, 0.25) is 0 Å². The van der Waals surface area contributed by atoms with E-state index in [4.69, 9.17) is 0 Å². The molecule has 2 saturated heterocycles. The largest absolute Gasteiger partial charge is 0.419 e. The van der Waals surface area contributed by atoms with Gasteiger partial charge in [0.25, 0.3) is 0 Å². The number of rotatable bonds is 2. The standard InChI is InChI=1S/C14H14F3N5S/c15-14(16,17)11-2-1-3-18-12(11)21-4-9-6-22(7-10(9)5-21)13-20-19-8-23-13/h1-3,8-10H,4-7H2. The van der Waals surface area contributed by atoms with Crippen LogP contribution in [0, 0.1) is 11.8 Å². The first-order valence-corrected chi connectivity index (χ1v) is 8.18. The van der Waals surface area contributed by atoms with E-state index in [-0.39, 0.29) is 5.82 Å². The predicted octanol–water partition coefficient (Wildman–Crippen LogP) is 2.52. The van der Waals surface area contributed by atoms with Crippen LogP contribution in [-0.2, 0) is 6.18 Å². The number of fused-ring (bicyclic) bond motifs is 1. The number of hydrogen-bond donors (Lipinski definition) is 0. The zero-order chi connectivity index (χ0) is 16.0. The van der Waals surface area contributed by atoms with Gasteiger partial charge >= 0.3 is 6.18 Å². The van der Waals surface area contributed by atoms with Gasteiger partial charge in [0.1, 0.15) is 11.3 Å². The molecule has 0 N–H and O–H groups in total. The van der Waals surface area contributed by atoms with Crippen LogP contribution in [0.4, 0.5) is 24.1 Å². The molecule has 0 radical (unpaired) electrons. The lowest BCUT2D eigenvalue weighted by Crippen LogP contribution is -2.30. The monoisotopic (exact) mass is 341 g/mol. The highest BCUT2D eigenvalue weighted by Gasteiger charge is 2.44. The Kier molecular flexibility index (Phi) is 3.40. The average Bonchev–Trinajstić information content (AvgIpc) is 3.21. The maximum absolute atomic E-state index is 13.2. The normalized spacial score (nSPS) is 24.3. The number of halogens is 3. The molecule has 2 unspecified atom stereocenters. The molecule has 122 valence electrons. The molecular weight excluding hydrogens is 327 g/mol. The average molecular weight is 341 g/mol. The van der Waals surface area contributed by atoms with E-state index in [0.29, 0.717) is 24.9 Å². The van der Waals surface area contributed by atoms with Crippen LogP contribution in [0.1, 0.15) is 5.56 Å². The van der Waals surface area contributed by atoms with Crippen LogP contribution in [0.15, 0.2) is 23.8 Å². The molecule has 0 saturated carbocycles. The lowest BCUT2D eigenvalue weighted by Gasteiger charge is -2.24. The van der Waals surface area contributed by atoms with E-state index >= 15 is 0 Å². The first-order valence-electron chi connectivity index (χ1n) is 7.30. The van der Waals surface area contributed by atoms with Crippen molar-refractivity contribution in [1.82, 2.24) is 15.2 Å². The Labute approximate surface area is 134 Å². The van der Waals surface area contributed by atoms with Crippen molar-refractivity contribution >= 4 is 22.3 Å². The minimum absolute atomic E-state index is 0.0527. The summed E-state index contributed by atoms with van der Waals surface area (Å²) < 4.78 is 39.5. The fourth-order valence-electron chi connectivity index (χ4n) is 3.50. The molecule has 0 amide bonds. The van der Waals surface area contributed by atoms with E-state index in [9.17, 15) is 13.2 Å². The second-order valence-corrected chi connectivity index (χ2v) is 6.74. The fraction of sp³-hybridized carbons (Fsp3) is 0.500. The molecule has 0 spiro atoms. The second-order valence-electron chi connectivity index (χ2n) is 5.92. The minimum Gasteiger partial charge on any atom is -0.355 e. The van der Waals surface area contributed by atoms with Crippen LogP contribution in [0.3, 0.4) is 0 Å². The number of hydrogen-bond acceptors (Lipinski definition) is 6. The smallest absolute Gasteiger partial charge is 0.355 e. The lowest BCUT2D eigenvalue weighted by atomic mass is 10.0. The Hall–Kier alpha value is -1.90. The van der Waals surface area contributed by atoms with Gasteiger partial charge < -0.3 is 9.80 Å². The van der Waals surface area contributed by atoms with E-state index in [1.54, 1.807) is 10.4 Å². The van der Waals surface area contributed by atoms with Crippen LogP contribution in [-0.4, -0.2) is 41.4 Å². The summed E-state index contributed by atoms with van der Waals surface area (Å²) in [6.07, 6.45) is -2.95. The van der Waals surface area contributed by atoms with Crippen molar-refractivity contribution in [1.29, 1.82) is 0 Å². The van der Waals surface area contributed by atoms with Crippen molar-refractivity contribution in [3.05, 3.63) is 29.4 Å². The van der Waals surface area contributed by atoms with E-state index in [0.717, 1.165) is 24.3 Å². The lowest BCUT2D eigenvalue weighted by molar-refractivity contribution is -0.137. The fourth-order valence-corrected chi connectivity index (χ4v) is 4.08. The zero-order valence-corrected chi connectivity index (χ0v) is 12.9. The van der Waals surface area contributed by atoms with Gasteiger partial charge in [-0.2, -0.15) is 13.2 Å². The molecule has 2 atom stereocenters. The number of nitrogens with zero attached hydrogens (tertiary/aromatic N) is 5. The van der Waals surface area contributed by atoms with Crippen LogP contribution in [0.25, 0.3) is 0 Å². The van der Waals surface area contributed by atoms with E-state index < -0.39 is 11.7 Å². The molecule has 23 heavy (non-hydrogen) atoms. The molecule has 9 heteroatoms. The second kappa shape index (κ2) is 5.33. The maximum Gasteiger partial charge on any atom is 0.419 e. The molecule has 2 aromatic heterocycles. The van der Waals surface area contributed by atoms with E-state index in [1.165, 1.54) is 23.6 Å². The highest BCUT2D eigenvalue weighted by atomic mass is 32.1. The van der Waals surface area contributed by atoms with Gasteiger partial charge in [-0.25, -0.2) is 4.98 Å². The van der Waals surface area contributed by atoms with Crippen molar-refractivity contribution in [2.45, 2.75) is 6.18 Å². The van der Waals surface area contributed by atoms with Crippen molar-refractivity contribution in [2.24, 2.45) is 11.8 Å². The summed E-state index contributed by atoms with van der Waals surface area (Å²) in [5.41, 5.74) is 1.04. The molecule has 4 heterocycles.